The van der Waals surface area contributed by atoms with Gasteiger partial charge in [0.1, 0.15) is 17.2 Å². The van der Waals surface area contributed by atoms with Crippen molar-refractivity contribution in [2.45, 2.75) is 31.3 Å². The first-order valence-electron chi connectivity index (χ1n) is 6.76. The number of nitrogens with one attached hydrogen (secondary N) is 1. The van der Waals surface area contributed by atoms with Gasteiger partial charge in [0.05, 0.1) is 32.9 Å². The van der Waals surface area contributed by atoms with Gasteiger partial charge in [0.15, 0.2) is 0 Å². The van der Waals surface area contributed by atoms with Crippen LogP contribution < -0.4 is 19.5 Å². The van der Waals surface area contributed by atoms with Gasteiger partial charge >= 0.3 is 0 Å². The molecular weight excluding hydrogens is 256 g/mol. The van der Waals surface area contributed by atoms with Crippen molar-refractivity contribution < 1.29 is 14.2 Å². The second-order valence-electron chi connectivity index (χ2n) is 4.81. The minimum atomic E-state index is -0.144. The summed E-state index contributed by atoms with van der Waals surface area (Å²) in [6, 6.07) is 8.04. The molecule has 108 valence electrons. The number of ether oxygens (including phenoxy) is 3. The zero-order valence-corrected chi connectivity index (χ0v) is 11.9. The maximum absolute atomic E-state index is 9.06. The molecule has 1 saturated carbocycles. The van der Waals surface area contributed by atoms with Gasteiger partial charge in [-0.2, -0.15) is 5.26 Å². The fourth-order valence-corrected chi connectivity index (χ4v) is 1.88. The molecule has 1 unspecified atom stereocenters. The highest BCUT2D eigenvalue weighted by atomic mass is 16.5. The Labute approximate surface area is 119 Å². The van der Waals surface area contributed by atoms with Crippen LogP contribution in [0.1, 0.15) is 19.3 Å². The summed E-state index contributed by atoms with van der Waals surface area (Å²) < 4.78 is 16.0. The first-order valence-corrected chi connectivity index (χ1v) is 6.76. The quantitative estimate of drug-likeness (QED) is 0.788. The predicted octanol–water partition coefficient (Wildman–Crippen LogP) is 2.12. The predicted molar refractivity (Wildman–Crippen MR) is 75.2 cm³/mol. The monoisotopic (exact) mass is 276 g/mol. The van der Waals surface area contributed by atoms with Crippen molar-refractivity contribution in [3.63, 3.8) is 0 Å². The van der Waals surface area contributed by atoms with Gasteiger partial charge in [-0.3, -0.25) is 5.32 Å². The lowest BCUT2D eigenvalue weighted by Crippen LogP contribution is -2.31. The lowest BCUT2D eigenvalue weighted by molar-refractivity contribution is 0.293. The maximum atomic E-state index is 9.06. The molecule has 0 spiro atoms. The molecular formula is C15H20N2O3. The summed E-state index contributed by atoms with van der Waals surface area (Å²) in [7, 11) is 3.20. The Morgan fingerprint density at radius 2 is 1.80 bits per heavy atom. The van der Waals surface area contributed by atoms with Crippen LogP contribution in [-0.4, -0.2) is 32.9 Å². The molecule has 1 atom stereocenters. The van der Waals surface area contributed by atoms with Crippen LogP contribution in [0, 0.1) is 11.3 Å². The van der Waals surface area contributed by atoms with E-state index in [1.54, 1.807) is 32.4 Å². The molecule has 1 aliphatic rings. The van der Waals surface area contributed by atoms with Crippen LogP contribution in [0.15, 0.2) is 18.2 Å². The third kappa shape index (κ3) is 4.32. The van der Waals surface area contributed by atoms with Gasteiger partial charge < -0.3 is 14.2 Å². The zero-order valence-electron chi connectivity index (χ0n) is 11.9. The lowest BCUT2D eigenvalue weighted by Gasteiger charge is -2.13. The molecule has 1 aromatic carbocycles. The van der Waals surface area contributed by atoms with Crippen LogP contribution in [0.2, 0.25) is 0 Å². The number of benzene rings is 1. The highest BCUT2D eigenvalue weighted by molar-refractivity contribution is 5.41. The maximum Gasteiger partial charge on any atom is 0.126 e. The van der Waals surface area contributed by atoms with Gasteiger partial charge in [0.2, 0.25) is 0 Å². The fourth-order valence-electron chi connectivity index (χ4n) is 1.88. The highest BCUT2D eigenvalue weighted by Gasteiger charge is 2.24. The first kappa shape index (κ1) is 14.5. The Hall–Kier alpha value is -1.93. The van der Waals surface area contributed by atoms with Crippen LogP contribution >= 0.6 is 0 Å². The van der Waals surface area contributed by atoms with Crippen LogP contribution in [-0.2, 0) is 0 Å². The van der Waals surface area contributed by atoms with Gasteiger partial charge in [0.25, 0.3) is 0 Å². The second-order valence-corrected chi connectivity index (χ2v) is 4.81. The highest BCUT2D eigenvalue weighted by Crippen LogP contribution is 2.27. The lowest BCUT2D eigenvalue weighted by atomic mass is 10.2. The van der Waals surface area contributed by atoms with Crippen LogP contribution in [0.25, 0.3) is 0 Å². The van der Waals surface area contributed by atoms with Crippen molar-refractivity contribution in [3.8, 4) is 23.3 Å². The third-order valence-electron chi connectivity index (χ3n) is 3.17. The van der Waals surface area contributed by atoms with Gasteiger partial charge in [-0.15, -0.1) is 0 Å². The average Bonchev–Trinajstić information content (AvgIpc) is 3.29. The van der Waals surface area contributed by atoms with E-state index in [-0.39, 0.29) is 6.04 Å². The molecule has 0 saturated heterocycles. The summed E-state index contributed by atoms with van der Waals surface area (Å²) in [6.45, 7) is 0.480. The molecule has 0 aromatic heterocycles. The van der Waals surface area contributed by atoms with Crippen LogP contribution in [0.5, 0.6) is 17.2 Å². The van der Waals surface area contributed by atoms with Crippen molar-refractivity contribution in [1.82, 2.24) is 5.32 Å². The van der Waals surface area contributed by atoms with Gasteiger partial charge in [-0.1, -0.05) is 0 Å². The van der Waals surface area contributed by atoms with E-state index in [1.165, 1.54) is 12.8 Å². The normalized spacial score (nSPS) is 15.2. The summed E-state index contributed by atoms with van der Waals surface area (Å²) in [5.41, 5.74) is 0. The number of nitrogens with zero attached hydrogens (tertiary/aromatic N) is 1. The first-order chi connectivity index (χ1) is 9.75. The Balaban J connectivity index is 1.84. The Kier molecular flexibility index (Phi) is 5.08. The van der Waals surface area contributed by atoms with E-state index >= 15 is 0 Å². The molecule has 0 aliphatic heterocycles. The number of hydrogen-bond donors (Lipinski definition) is 1. The number of methoxy groups -OCH3 is 2. The average molecular weight is 276 g/mol. The molecule has 1 aromatic rings. The van der Waals surface area contributed by atoms with Gasteiger partial charge in [-0.05, 0) is 12.8 Å². The zero-order chi connectivity index (χ0) is 14.4. The SMILES string of the molecule is COc1cc(OC)cc(OCCC(C#N)NC2CC2)c1. The van der Waals surface area contributed by atoms with E-state index in [4.69, 9.17) is 19.5 Å². The van der Waals surface area contributed by atoms with Gasteiger partial charge in [-0.25, -0.2) is 0 Å². The molecule has 5 nitrogen and oxygen atoms in total. The Morgan fingerprint density at radius 3 is 2.30 bits per heavy atom. The molecule has 5 heteroatoms. The summed E-state index contributed by atoms with van der Waals surface area (Å²) >= 11 is 0. The molecule has 2 rings (SSSR count). The van der Waals surface area contributed by atoms with Crippen LogP contribution in [0.3, 0.4) is 0 Å². The van der Waals surface area contributed by atoms with Crippen LogP contribution in [0.4, 0.5) is 0 Å². The number of rotatable bonds is 8. The molecule has 1 N–H and O–H groups in total. The molecule has 1 aliphatic carbocycles. The number of nitriles is 1. The summed E-state index contributed by atoms with van der Waals surface area (Å²) in [6.07, 6.45) is 3.00. The molecule has 0 radical (unpaired) electrons. The van der Waals surface area contributed by atoms with Crippen molar-refractivity contribution in [2.24, 2.45) is 0 Å². The topological polar surface area (TPSA) is 63.5 Å². The van der Waals surface area contributed by atoms with Crippen molar-refractivity contribution >= 4 is 0 Å². The second kappa shape index (κ2) is 7.01. The standard InChI is InChI=1S/C15H20N2O3/c1-18-13-7-14(19-2)9-15(8-13)20-6-5-12(10-16)17-11-3-4-11/h7-9,11-12,17H,3-6H2,1-2H3. The number of hydrogen-bond acceptors (Lipinski definition) is 5. The Morgan fingerprint density at radius 1 is 1.20 bits per heavy atom. The molecule has 0 bridgehead atoms. The molecule has 1 fully saturated rings. The van der Waals surface area contributed by atoms with E-state index in [1.807, 2.05) is 0 Å². The van der Waals surface area contributed by atoms with Gasteiger partial charge in [0, 0.05) is 30.7 Å². The Bertz CT molecular complexity index is 458. The minimum absolute atomic E-state index is 0.144. The van der Waals surface area contributed by atoms with E-state index in [0.29, 0.717) is 36.3 Å². The van der Waals surface area contributed by atoms with E-state index < -0.39 is 0 Å². The fraction of sp³-hybridized carbons (Fsp3) is 0.533. The summed E-state index contributed by atoms with van der Waals surface area (Å²) in [4.78, 5) is 0. The molecule has 0 amide bonds. The van der Waals surface area contributed by atoms with Crippen molar-refractivity contribution in [2.75, 3.05) is 20.8 Å². The van der Waals surface area contributed by atoms with Crippen molar-refractivity contribution in [3.05, 3.63) is 18.2 Å². The van der Waals surface area contributed by atoms with E-state index in [0.717, 1.165) is 0 Å². The smallest absolute Gasteiger partial charge is 0.126 e. The van der Waals surface area contributed by atoms with E-state index in [9.17, 15) is 0 Å². The summed E-state index contributed by atoms with van der Waals surface area (Å²) in [5.74, 6) is 2.06. The van der Waals surface area contributed by atoms with Crippen molar-refractivity contribution in [1.29, 1.82) is 5.26 Å². The summed E-state index contributed by atoms with van der Waals surface area (Å²) in [5, 5.41) is 12.3. The third-order valence-corrected chi connectivity index (χ3v) is 3.17. The van der Waals surface area contributed by atoms with E-state index in [2.05, 4.69) is 11.4 Å². The molecule has 20 heavy (non-hydrogen) atoms. The minimum Gasteiger partial charge on any atom is -0.496 e. The largest absolute Gasteiger partial charge is 0.496 e. The molecule has 0 heterocycles.